The van der Waals surface area contributed by atoms with E-state index in [1.54, 1.807) is 0 Å². The third-order valence-electron chi connectivity index (χ3n) is 4.52. The number of carbonyl (C=O) groups excluding carboxylic acids is 1. The van der Waals surface area contributed by atoms with Gasteiger partial charge in [0.25, 0.3) is 0 Å². The molecule has 0 aliphatic carbocycles. The molecule has 0 radical (unpaired) electrons. The van der Waals surface area contributed by atoms with Crippen LogP contribution in [-0.2, 0) is 35.9 Å². The molecule has 0 heterocycles. The predicted octanol–water partition coefficient (Wildman–Crippen LogP) is 7.81. The molecule has 164 valence electrons. The SMILES string of the molecule is CCc1cccc(CC)c1.Cc1cccc(CN=C=O)c1.ClCc1cccc(CCl)c1. The van der Waals surface area contributed by atoms with E-state index in [2.05, 4.69) is 43.1 Å². The minimum atomic E-state index is 0.436. The summed E-state index contributed by atoms with van der Waals surface area (Å²) in [6.07, 6.45) is 3.80. The van der Waals surface area contributed by atoms with E-state index in [9.17, 15) is 4.79 Å². The van der Waals surface area contributed by atoms with E-state index in [0.29, 0.717) is 18.3 Å². The Hall–Kier alpha value is -2.38. The first-order chi connectivity index (χ1) is 15.1. The molecule has 31 heavy (non-hydrogen) atoms. The average molecular weight is 456 g/mol. The van der Waals surface area contributed by atoms with E-state index in [1.165, 1.54) is 22.8 Å². The Morgan fingerprint density at radius 2 is 1.16 bits per heavy atom. The number of nitrogens with zero attached hydrogens (tertiary/aromatic N) is 1. The maximum atomic E-state index is 9.77. The molecule has 0 aliphatic rings. The van der Waals surface area contributed by atoms with Crippen LogP contribution in [0.25, 0.3) is 0 Å². The van der Waals surface area contributed by atoms with Crippen molar-refractivity contribution in [1.29, 1.82) is 0 Å². The van der Waals surface area contributed by atoms with Crippen molar-refractivity contribution >= 4 is 29.3 Å². The van der Waals surface area contributed by atoms with Gasteiger partial charge >= 0.3 is 0 Å². The third kappa shape index (κ3) is 11.5. The highest BCUT2D eigenvalue weighted by Gasteiger charge is 1.92. The second-order valence-electron chi connectivity index (χ2n) is 7.01. The molecule has 4 heteroatoms. The van der Waals surface area contributed by atoms with Gasteiger partial charge in [-0.1, -0.05) is 92.2 Å². The lowest BCUT2D eigenvalue weighted by atomic mass is 10.1. The maximum Gasteiger partial charge on any atom is 0.235 e. The fourth-order valence-electron chi connectivity index (χ4n) is 2.80. The zero-order valence-electron chi connectivity index (χ0n) is 18.6. The van der Waals surface area contributed by atoms with Crippen LogP contribution in [0, 0.1) is 6.92 Å². The Morgan fingerprint density at radius 3 is 1.61 bits per heavy atom. The molecule has 0 amide bonds. The van der Waals surface area contributed by atoms with Crippen LogP contribution in [0.2, 0.25) is 0 Å². The molecule has 0 aliphatic heterocycles. The lowest BCUT2D eigenvalue weighted by molar-refractivity contribution is 0.563. The maximum absolute atomic E-state index is 9.77. The molecule has 0 aromatic heterocycles. The molecule has 0 atom stereocenters. The summed E-state index contributed by atoms with van der Waals surface area (Å²) in [6.45, 7) is 6.82. The van der Waals surface area contributed by atoms with E-state index in [1.807, 2.05) is 55.5 Å². The van der Waals surface area contributed by atoms with Crippen molar-refractivity contribution < 1.29 is 4.79 Å². The number of aryl methyl sites for hydroxylation is 3. The average Bonchev–Trinajstić information content (AvgIpc) is 2.83. The van der Waals surface area contributed by atoms with E-state index in [0.717, 1.165) is 29.5 Å². The van der Waals surface area contributed by atoms with Crippen LogP contribution in [0.4, 0.5) is 0 Å². The van der Waals surface area contributed by atoms with Gasteiger partial charge in [-0.25, -0.2) is 9.79 Å². The summed E-state index contributed by atoms with van der Waals surface area (Å²) >= 11 is 11.2. The highest BCUT2D eigenvalue weighted by molar-refractivity contribution is 6.17. The summed E-state index contributed by atoms with van der Waals surface area (Å²) in [7, 11) is 0. The minimum Gasteiger partial charge on any atom is -0.211 e. The zero-order valence-corrected chi connectivity index (χ0v) is 20.1. The fourth-order valence-corrected chi connectivity index (χ4v) is 3.13. The minimum absolute atomic E-state index is 0.436. The predicted molar refractivity (Wildman–Crippen MR) is 134 cm³/mol. The molecule has 0 spiro atoms. The Kier molecular flexibility index (Phi) is 14.0. The topological polar surface area (TPSA) is 29.4 Å². The third-order valence-corrected chi connectivity index (χ3v) is 5.13. The van der Waals surface area contributed by atoms with Crippen LogP contribution in [-0.4, -0.2) is 6.08 Å². The zero-order chi connectivity index (χ0) is 22.9. The van der Waals surface area contributed by atoms with Crippen molar-refractivity contribution in [1.82, 2.24) is 0 Å². The van der Waals surface area contributed by atoms with E-state index in [4.69, 9.17) is 23.2 Å². The summed E-state index contributed by atoms with van der Waals surface area (Å²) in [5.41, 5.74) is 7.37. The van der Waals surface area contributed by atoms with Crippen molar-refractivity contribution in [3.8, 4) is 0 Å². The van der Waals surface area contributed by atoms with E-state index >= 15 is 0 Å². The number of isocyanates is 1. The van der Waals surface area contributed by atoms with Crippen LogP contribution >= 0.6 is 23.2 Å². The molecule has 0 N–H and O–H groups in total. The Labute approximate surface area is 197 Å². The highest BCUT2D eigenvalue weighted by atomic mass is 35.5. The van der Waals surface area contributed by atoms with Gasteiger partial charge in [0.2, 0.25) is 6.08 Å². The van der Waals surface area contributed by atoms with Crippen LogP contribution < -0.4 is 0 Å². The molecule has 0 saturated carbocycles. The first-order valence-electron chi connectivity index (χ1n) is 10.4. The molecule has 0 unspecified atom stereocenters. The summed E-state index contributed by atoms with van der Waals surface area (Å²) in [5.74, 6) is 1.12. The molecule has 2 nitrogen and oxygen atoms in total. The number of benzene rings is 3. The van der Waals surface area contributed by atoms with Gasteiger partial charge < -0.3 is 0 Å². The number of hydrogen-bond donors (Lipinski definition) is 0. The molecular weight excluding hydrogens is 425 g/mol. The number of alkyl halides is 2. The second kappa shape index (κ2) is 16.3. The molecule has 0 saturated heterocycles. The highest BCUT2D eigenvalue weighted by Crippen LogP contribution is 2.09. The Balaban J connectivity index is 0.000000233. The summed E-state index contributed by atoms with van der Waals surface area (Å²) in [6, 6.07) is 24.6. The van der Waals surface area contributed by atoms with Gasteiger partial charge in [-0.2, -0.15) is 0 Å². The molecule has 0 fully saturated rings. The monoisotopic (exact) mass is 455 g/mol. The fraction of sp³-hybridized carbons (Fsp3) is 0.296. The first-order valence-corrected chi connectivity index (χ1v) is 11.5. The molecule has 3 rings (SSSR count). The van der Waals surface area contributed by atoms with Crippen molar-refractivity contribution in [2.24, 2.45) is 4.99 Å². The van der Waals surface area contributed by atoms with Gasteiger partial charge in [-0.05, 0) is 47.6 Å². The van der Waals surface area contributed by atoms with Gasteiger partial charge in [0.15, 0.2) is 0 Å². The summed E-state index contributed by atoms with van der Waals surface area (Å²) in [4.78, 5) is 13.2. The Morgan fingerprint density at radius 1 is 0.710 bits per heavy atom. The Bertz CT molecular complexity index is 863. The van der Waals surface area contributed by atoms with Crippen LogP contribution in [0.3, 0.4) is 0 Å². The van der Waals surface area contributed by atoms with Gasteiger partial charge in [0.05, 0.1) is 6.54 Å². The van der Waals surface area contributed by atoms with Crippen LogP contribution in [0.15, 0.2) is 77.8 Å². The van der Waals surface area contributed by atoms with E-state index in [-0.39, 0.29) is 0 Å². The van der Waals surface area contributed by atoms with Crippen molar-refractivity contribution in [2.75, 3.05) is 0 Å². The summed E-state index contributed by atoms with van der Waals surface area (Å²) in [5, 5.41) is 0. The van der Waals surface area contributed by atoms with Gasteiger partial charge in [-0.3, -0.25) is 0 Å². The quantitative estimate of drug-likeness (QED) is 0.211. The van der Waals surface area contributed by atoms with E-state index < -0.39 is 0 Å². The lowest BCUT2D eigenvalue weighted by Gasteiger charge is -1.98. The van der Waals surface area contributed by atoms with Gasteiger partial charge in [0.1, 0.15) is 0 Å². The molecule has 0 bridgehead atoms. The largest absolute Gasteiger partial charge is 0.235 e. The number of aliphatic imine (C=N–C) groups is 1. The molecule has 3 aromatic rings. The number of halogens is 2. The van der Waals surface area contributed by atoms with Crippen molar-refractivity contribution in [3.05, 3.63) is 106 Å². The van der Waals surface area contributed by atoms with Crippen molar-refractivity contribution in [3.63, 3.8) is 0 Å². The molecule has 3 aromatic carbocycles. The smallest absolute Gasteiger partial charge is 0.211 e. The van der Waals surface area contributed by atoms with Crippen LogP contribution in [0.5, 0.6) is 0 Å². The standard InChI is InChI=1S/C10H14.C9H9NO.C8H8Cl2/c1-3-9-6-5-7-10(4-2)8-9;1-8-3-2-4-9(5-8)6-10-7-11;9-5-7-2-1-3-8(4-7)6-10/h5-8H,3-4H2,1-2H3;2-5H,6H2,1H3;1-4H,5-6H2. The number of rotatable bonds is 6. The summed E-state index contributed by atoms with van der Waals surface area (Å²) < 4.78 is 0. The first kappa shape index (κ1) is 26.7. The molecular formula is C27H31Cl2NO. The number of hydrogen-bond acceptors (Lipinski definition) is 2. The second-order valence-corrected chi connectivity index (χ2v) is 7.55. The van der Waals surface area contributed by atoms with Gasteiger partial charge in [-0.15, -0.1) is 23.2 Å². The normalized spacial score (nSPS) is 9.45. The van der Waals surface area contributed by atoms with Gasteiger partial charge in [0, 0.05) is 11.8 Å². The van der Waals surface area contributed by atoms with Crippen molar-refractivity contribution in [2.45, 2.75) is 51.9 Å². The lowest BCUT2D eigenvalue weighted by Crippen LogP contribution is -1.83. The van der Waals surface area contributed by atoms with Crippen LogP contribution in [0.1, 0.15) is 47.2 Å².